The predicted molar refractivity (Wildman–Crippen MR) is 79.1 cm³/mol. The highest BCUT2D eigenvalue weighted by atomic mass is 15.3. The van der Waals surface area contributed by atoms with E-state index in [9.17, 15) is 0 Å². The lowest BCUT2D eigenvalue weighted by molar-refractivity contribution is 0.870. The third-order valence-corrected chi connectivity index (χ3v) is 3.88. The number of hydrogen-bond donors (Lipinski definition) is 1. The van der Waals surface area contributed by atoms with Gasteiger partial charge in [-0.05, 0) is 32.6 Å². The minimum atomic E-state index is 0.899. The molecule has 0 unspecified atom stereocenters. The van der Waals surface area contributed by atoms with Crippen LogP contribution < -0.4 is 15.1 Å². The fourth-order valence-electron chi connectivity index (χ4n) is 2.86. The third-order valence-electron chi connectivity index (χ3n) is 3.88. The summed E-state index contributed by atoms with van der Waals surface area (Å²) in [5, 5.41) is 3.33. The molecule has 0 atom stereocenters. The molecule has 3 heterocycles. The first-order valence-corrected chi connectivity index (χ1v) is 7.49. The highest BCUT2D eigenvalue weighted by molar-refractivity contribution is 5.55. The van der Waals surface area contributed by atoms with Gasteiger partial charge in [0.2, 0.25) is 5.95 Å². The van der Waals surface area contributed by atoms with Gasteiger partial charge < -0.3 is 15.1 Å². The number of aromatic nitrogens is 2. The van der Waals surface area contributed by atoms with E-state index in [0.29, 0.717) is 0 Å². The van der Waals surface area contributed by atoms with Crippen molar-refractivity contribution in [1.29, 1.82) is 0 Å². The van der Waals surface area contributed by atoms with Gasteiger partial charge >= 0.3 is 0 Å². The standard InChI is InChI=1S/C14H23N5/c1-2-15-12-11-13(18-7-3-4-8-18)17-14(16-12)19-9-5-6-10-19/h11H,2-10H2,1H3,(H,15,16,17). The average Bonchev–Trinajstić information content (AvgIpc) is 3.12. The number of anilines is 3. The van der Waals surface area contributed by atoms with Crippen LogP contribution in [0, 0.1) is 0 Å². The van der Waals surface area contributed by atoms with Crippen molar-refractivity contribution in [2.45, 2.75) is 32.6 Å². The van der Waals surface area contributed by atoms with Crippen LogP contribution in [0.5, 0.6) is 0 Å². The molecule has 1 N–H and O–H groups in total. The minimum Gasteiger partial charge on any atom is -0.370 e. The SMILES string of the molecule is CCNc1cc(N2CCCC2)nc(N2CCCC2)n1. The lowest BCUT2D eigenvalue weighted by atomic mass is 10.4. The van der Waals surface area contributed by atoms with Gasteiger partial charge in [-0.15, -0.1) is 0 Å². The Labute approximate surface area is 115 Å². The van der Waals surface area contributed by atoms with Crippen LogP contribution in [0.1, 0.15) is 32.6 Å². The molecule has 0 spiro atoms. The Kier molecular flexibility index (Phi) is 3.71. The van der Waals surface area contributed by atoms with Gasteiger partial charge in [-0.25, -0.2) is 0 Å². The molecule has 5 heteroatoms. The molecule has 3 rings (SSSR count). The topological polar surface area (TPSA) is 44.3 Å². The molecule has 0 aromatic carbocycles. The Bertz CT molecular complexity index is 388. The van der Waals surface area contributed by atoms with Gasteiger partial charge in [-0.2, -0.15) is 9.97 Å². The van der Waals surface area contributed by atoms with Crippen molar-refractivity contribution < 1.29 is 0 Å². The molecule has 5 nitrogen and oxygen atoms in total. The van der Waals surface area contributed by atoms with Crippen molar-refractivity contribution in [1.82, 2.24) is 9.97 Å². The Hall–Kier alpha value is -1.52. The van der Waals surface area contributed by atoms with Crippen LogP contribution in [0.4, 0.5) is 17.6 Å². The van der Waals surface area contributed by atoms with Crippen molar-refractivity contribution in [2.24, 2.45) is 0 Å². The maximum Gasteiger partial charge on any atom is 0.229 e. The highest BCUT2D eigenvalue weighted by Gasteiger charge is 2.20. The zero-order valence-electron chi connectivity index (χ0n) is 11.7. The Morgan fingerprint density at radius 3 is 2.26 bits per heavy atom. The molecule has 1 aromatic heterocycles. The summed E-state index contributed by atoms with van der Waals surface area (Å²) in [5.41, 5.74) is 0. The molecule has 0 saturated carbocycles. The molecule has 0 amide bonds. The summed E-state index contributed by atoms with van der Waals surface area (Å²) < 4.78 is 0. The van der Waals surface area contributed by atoms with Crippen molar-refractivity contribution in [3.8, 4) is 0 Å². The van der Waals surface area contributed by atoms with E-state index in [4.69, 9.17) is 4.98 Å². The van der Waals surface area contributed by atoms with Gasteiger partial charge in [0.25, 0.3) is 0 Å². The highest BCUT2D eigenvalue weighted by Crippen LogP contribution is 2.25. The zero-order valence-corrected chi connectivity index (χ0v) is 11.7. The second-order valence-electron chi connectivity index (χ2n) is 5.33. The maximum atomic E-state index is 4.78. The monoisotopic (exact) mass is 261 g/mol. The van der Waals surface area contributed by atoms with E-state index >= 15 is 0 Å². The van der Waals surface area contributed by atoms with E-state index in [2.05, 4.69) is 33.1 Å². The first kappa shape index (κ1) is 12.5. The van der Waals surface area contributed by atoms with Crippen molar-refractivity contribution in [3.05, 3.63) is 6.07 Å². The van der Waals surface area contributed by atoms with E-state index in [1.807, 2.05) is 0 Å². The second-order valence-corrected chi connectivity index (χ2v) is 5.33. The van der Waals surface area contributed by atoms with E-state index in [-0.39, 0.29) is 0 Å². The lowest BCUT2D eigenvalue weighted by Crippen LogP contribution is -2.24. The van der Waals surface area contributed by atoms with Crippen LogP contribution >= 0.6 is 0 Å². The summed E-state index contributed by atoms with van der Waals surface area (Å²) in [4.78, 5) is 14.1. The van der Waals surface area contributed by atoms with Crippen LogP contribution in [-0.2, 0) is 0 Å². The minimum absolute atomic E-state index is 0.899. The summed E-state index contributed by atoms with van der Waals surface area (Å²) in [6.45, 7) is 7.44. The van der Waals surface area contributed by atoms with Gasteiger partial charge in [0.15, 0.2) is 0 Å². The van der Waals surface area contributed by atoms with Crippen molar-refractivity contribution >= 4 is 17.6 Å². The van der Waals surface area contributed by atoms with Crippen LogP contribution in [0.2, 0.25) is 0 Å². The summed E-state index contributed by atoms with van der Waals surface area (Å²) in [6.07, 6.45) is 5.07. The normalized spacial score (nSPS) is 19.2. The molecule has 0 bridgehead atoms. The van der Waals surface area contributed by atoms with E-state index in [0.717, 1.165) is 50.3 Å². The van der Waals surface area contributed by atoms with Crippen molar-refractivity contribution in [2.75, 3.05) is 47.8 Å². The Morgan fingerprint density at radius 1 is 1.00 bits per heavy atom. The van der Waals surface area contributed by atoms with Gasteiger partial charge in [-0.1, -0.05) is 0 Å². The molecule has 2 fully saturated rings. The predicted octanol–water partition coefficient (Wildman–Crippen LogP) is 2.11. The largest absolute Gasteiger partial charge is 0.370 e. The van der Waals surface area contributed by atoms with Crippen molar-refractivity contribution in [3.63, 3.8) is 0 Å². The molecular formula is C14H23N5. The molecule has 2 aliphatic heterocycles. The fraction of sp³-hybridized carbons (Fsp3) is 0.714. The van der Waals surface area contributed by atoms with E-state index in [1.54, 1.807) is 0 Å². The molecule has 2 aliphatic rings. The maximum absolute atomic E-state index is 4.78. The number of nitrogens with zero attached hydrogens (tertiary/aromatic N) is 4. The van der Waals surface area contributed by atoms with Crippen LogP contribution in [0.25, 0.3) is 0 Å². The van der Waals surface area contributed by atoms with E-state index in [1.165, 1.54) is 25.7 Å². The smallest absolute Gasteiger partial charge is 0.229 e. The molecule has 104 valence electrons. The molecule has 0 aliphatic carbocycles. The summed E-state index contributed by atoms with van der Waals surface area (Å²) in [6, 6.07) is 2.09. The zero-order chi connectivity index (χ0) is 13.1. The number of hydrogen-bond acceptors (Lipinski definition) is 5. The van der Waals surface area contributed by atoms with Gasteiger partial charge in [0.1, 0.15) is 11.6 Å². The lowest BCUT2D eigenvalue weighted by Gasteiger charge is -2.21. The van der Waals surface area contributed by atoms with Crippen LogP contribution in [0.3, 0.4) is 0 Å². The fourth-order valence-corrected chi connectivity index (χ4v) is 2.86. The molecule has 19 heavy (non-hydrogen) atoms. The van der Waals surface area contributed by atoms with Gasteiger partial charge in [0.05, 0.1) is 0 Å². The summed E-state index contributed by atoms with van der Waals surface area (Å²) >= 11 is 0. The number of rotatable bonds is 4. The van der Waals surface area contributed by atoms with Gasteiger partial charge in [-0.3, -0.25) is 0 Å². The van der Waals surface area contributed by atoms with Crippen LogP contribution in [0.15, 0.2) is 6.07 Å². The van der Waals surface area contributed by atoms with Gasteiger partial charge in [0, 0.05) is 38.8 Å². The molecule has 1 aromatic rings. The Morgan fingerprint density at radius 2 is 1.63 bits per heavy atom. The van der Waals surface area contributed by atoms with E-state index < -0.39 is 0 Å². The number of nitrogens with one attached hydrogen (secondary N) is 1. The van der Waals surface area contributed by atoms with Crippen LogP contribution in [-0.4, -0.2) is 42.7 Å². The summed E-state index contributed by atoms with van der Waals surface area (Å²) in [7, 11) is 0. The second kappa shape index (κ2) is 5.63. The first-order chi connectivity index (χ1) is 9.36. The first-order valence-electron chi connectivity index (χ1n) is 7.49. The molecular weight excluding hydrogens is 238 g/mol. The molecule has 0 radical (unpaired) electrons. The third kappa shape index (κ3) is 2.74. The quantitative estimate of drug-likeness (QED) is 0.899. The summed E-state index contributed by atoms with van der Waals surface area (Å²) in [5.74, 6) is 2.95. The average molecular weight is 261 g/mol. The molecule has 2 saturated heterocycles. The Balaban J connectivity index is 1.88.